The molecule has 0 heterocycles. The predicted molar refractivity (Wildman–Crippen MR) is 52.2 cm³/mol. The van der Waals surface area contributed by atoms with Crippen molar-refractivity contribution in [2.45, 2.75) is 0 Å². The minimum Gasteiger partial charge on any atom is -0.478 e. The van der Waals surface area contributed by atoms with Gasteiger partial charge in [0.05, 0.1) is 16.3 Å². The fourth-order valence-electron chi connectivity index (χ4n) is 0.875. The number of benzene rings is 1. The number of hydrogen-bond donors (Lipinski definition) is 1. The standard InChI is InChI=1S/C7H3Cl2N3O2/c8-3-1-4(7(13)14)6(11-12-10)5(9)2-3/h1-2H,(H,13,14). The van der Waals surface area contributed by atoms with E-state index in [1.165, 1.54) is 12.1 Å². The number of rotatable bonds is 2. The Hall–Kier alpha value is -1.42. The van der Waals surface area contributed by atoms with Crippen molar-refractivity contribution in [3.05, 3.63) is 38.2 Å². The molecule has 0 aliphatic rings. The van der Waals surface area contributed by atoms with Crippen molar-refractivity contribution in [2.24, 2.45) is 5.11 Å². The van der Waals surface area contributed by atoms with E-state index in [0.29, 0.717) is 0 Å². The summed E-state index contributed by atoms with van der Waals surface area (Å²) in [5.41, 5.74) is 7.84. The minimum atomic E-state index is -1.25. The van der Waals surface area contributed by atoms with Gasteiger partial charge in [-0.05, 0) is 17.7 Å². The summed E-state index contributed by atoms with van der Waals surface area (Å²) in [6, 6.07) is 2.47. The van der Waals surface area contributed by atoms with E-state index in [1.54, 1.807) is 0 Å². The van der Waals surface area contributed by atoms with Crippen LogP contribution in [-0.2, 0) is 0 Å². The van der Waals surface area contributed by atoms with Gasteiger partial charge in [0.25, 0.3) is 0 Å². The highest BCUT2D eigenvalue weighted by Crippen LogP contribution is 2.32. The van der Waals surface area contributed by atoms with Gasteiger partial charge in [-0.1, -0.05) is 28.3 Å². The molecule has 1 N–H and O–H groups in total. The maximum absolute atomic E-state index is 10.7. The molecule has 0 aliphatic heterocycles. The number of carboxylic acids is 1. The van der Waals surface area contributed by atoms with E-state index < -0.39 is 5.97 Å². The van der Waals surface area contributed by atoms with Crippen LogP contribution >= 0.6 is 23.2 Å². The fourth-order valence-corrected chi connectivity index (χ4v) is 1.41. The third-order valence-corrected chi connectivity index (χ3v) is 1.91. The zero-order chi connectivity index (χ0) is 10.7. The van der Waals surface area contributed by atoms with Crippen LogP contribution in [0.15, 0.2) is 17.2 Å². The van der Waals surface area contributed by atoms with Crippen LogP contribution in [0.4, 0.5) is 5.69 Å². The molecule has 72 valence electrons. The normalized spacial score (nSPS) is 9.29. The van der Waals surface area contributed by atoms with Crippen LogP contribution in [0.2, 0.25) is 10.0 Å². The second-order valence-corrected chi connectivity index (χ2v) is 3.12. The van der Waals surface area contributed by atoms with E-state index in [4.69, 9.17) is 33.8 Å². The lowest BCUT2D eigenvalue weighted by atomic mass is 10.2. The van der Waals surface area contributed by atoms with Crippen molar-refractivity contribution in [1.82, 2.24) is 0 Å². The minimum absolute atomic E-state index is 0.00713. The number of halogens is 2. The van der Waals surface area contributed by atoms with Gasteiger partial charge in [-0.2, -0.15) is 0 Å². The molecule has 0 aliphatic carbocycles. The number of carboxylic acid groups (broad SMARTS) is 1. The van der Waals surface area contributed by atoms with E-state index >= 15 is 0 Å². The van der Waals surface area contributed by atoms with Crippen molar-refractivity contribution >= 4 is 34.9 Å². The van der Waals surface area contributed by atoms with Gasteiger partial charge in [0.15, 0.2) is 0 Å². The van der Waals surface area contributed by atoms with Crippen molar-refractivity contribution in [2.75, 3.05) is 0 Å². The molecule has 0 aromatic heterocycles. The van der Waals surface area contributed by atoms with E-state index in [-0.39, 0.29) is 21.3 Å². The maximum Gasteiger partial charge on any atom is 0.336 e. The first-order valence-corrected chi connectivity index (χ1v) is 4.09. The summed E-state index contributed by atoms with van der Waals surface area (Å²) in [5, 5.41) is 12.1. The van der Waals surface area contributed by atoms with Gasteiger partial charge < -0.3 is 5.11 Å². The Morgan fingerprint density at radius 2 is 2.14 bits per heavy atom. The molecule has 0 fully saturated rings. The molecule has 0 spiro atoms. The summed E-state index contributed by atoms with van der Waals surface area (Å²) < 4.78 is 0. The van der Waals surface area contributed by atoms with Gasteiger partial charge in [-0.25, -0.2) is 4.79 Å². The molecule has 0 bridgehead atoms. The molecule has 0 unspecified atom stereocenters. The van der Waals surface area contributed by atoms with Gasteiger partial charge in [-0.15, -0.1) is 0 Å². The summed E-state index contributed by atoms with van der Waals surface area (Å²) >= 11 is 11.2. The number of hydrogen-bond acceptors (Lipinski definition) is 2. The zero-order valence-electron chi connectivity index (χ0n) is 6.61. The molecule has 1 rings (SSSR count). The lowest BCUT2D eigenvalue weighted by Crippen LogP contribution is -1.96. The summed E-state index contributed by atoms with van der Waals surface area (Å²) in [5.74, 6) is -1.25. The van der Waals surface area contributed by atoms with Crippen LogP contribution in [-0.4, -0.2) is 11.1 Å². The monoisotopic (exact) mass is 231 g/mol. The maximum atomic E-state index is 10.7. The predicted octanol–water partition coefficient (Wildman–Crippen LogP) is 3.63. The molecule has 0 saturated carbocycles. The molecular weight excluding hydrogens is 229 g/mol. The van der Waals surface area contributed by atoms with E-state index in [2.05, 4.69) is 10.0 Å². The molecule has 1 aromatic carbocycles. The van der Waals surface area contributed by atoms with E-state index in [9.17, 15) is 4.79 Å². The lowest BCUT2D eigenvalue weighted by Gasteiger charge is -2.02. The molecular formula is C7H3Cl2N3O2. The largest absolute Gasteiger partial charge is 0.478 e. The molecule has 0 radical (unpaired) electrons. The summed E-state index contributed by atoms with van der Waals surface area (Å²) in [4.78, 5) is 13.2. The Bertz CT molecular complexity index is 441. The van der Waals surface area contributed by atoms with Gasteiger partial charge in [0.1, 0.15) is 0 Å². The average Bonchev–Trinajstić information content (AvgIpc) is 2.09. The van der Waals surface area contributed by atoms with Crippen molar-refractivity contribution in [3.8, 4) is 0 Å². The molecule has 7 heteroatoms. The first-order chi connectivity index (χ1) is 6.56. The Morgan fingerprint density at radius 1 is 1.50 bits per heavy atom. The summed E-state index contributed by atoms with van der Waals surface area (Å²) in [7, 11) is 0. The summed E-state index contributed by atoms with van der Waals surface area (Å²) in [6.07, 6.45) is 0. The number of carbonyl (C=O) groups is 1. The number of azide groups is 1. The van der Waals surface area contributed by atoms with Crippen LogP contribution in [0.25, 0.3) is 10.4 Å². The quantitative estimate of drug-likeness (QED) is 0.479. The van der Waals surface area contributed by atoms with Gasteiger partial charge in [0, 0.05) is 9.93 Å². The molecule has 0 saturated heterocycles. The lowest BCUT2D eigenvalue weighted by molar-refractivity contribution is 0.0698. The highest BCUT2D eigenvalue weighted by molar-refractivity contribution is 6.37. The van der Waals surface area contributed by atoms with Crippen LogP contribution < -0.4 is 0 Å². The third-order valence-electron chi connectivity index (χ3n) is 1.40. The van der Waals surface area contributed by atoms with Gasteiger partial charge >= 0.3 is 5.97 Å². The fraction of sp³-hybridized carbons (Fsp3) is 0. The van der Waals surface area contributed by atoms with Crippen LogP contribution in [0.3, 0.4) is 0 Å². The van der Waals surface area contributed by atoms with E-state index in [1.807, 2.05) is 0 Å². The highest BCUT2D eigenvalue weighted by atomic mass is 35.5. The smallest absolute Gasteiger partial charge is 0.336 e. The first-order valence-electron chi connectivity index (χ1n) is 3.33. The third kappa shape index (κ3) is 2.09. The molecule has 14 heavy (non-hydrogen) atoms. The number of nitrogens with zero attached hydrogens (tertiary/aromatic N) is 3. The second kappa shape index (κ2) is 4.19. The molecule has 5 nitrogen and oxygen atoms in total. The van der Waals surface area contributed by atoms with Crippen LogP contribution in [0, 0.1) is 0 Å². The average molecular weight is 232 g/mol. The summed E-state index contributed by atoms with van der Waals surface area (Å²) in [6.45, 7) is 0. The molecule has 0 amide bonds. The first kappa shape index (κ1) is 10.7. The van der Waals surface area contributed by atoms with Crippen molar-refractivity contribution in [1.29, 1.82) is 0 Å². The Labute approximate surface area is 88.5 Å². The van der Waals surface area contributed by atoms with Crippen molar-refractivity contribution in [3.63, 3.8) is 0 Å². The number of aromatic carboxylic acids is 1. The topological polar surface area (TPSA) is 86.1 Å². The van der Waals surface area contributed by atoms with Gasteiger partial charge in [-0.3, -0.25) is 0 Å². The van der Waals surface area contributed by atoms with Crippen LogP contribution in [0.5, 0.6) is 0 Å². The van der Waals surface area contributed by atoms with Crippen LogP contribution in [0.1, 0.15) is 10.4 Å². The van der Waals surface area contributed by atoms with E-state index in [0.717, 1.165) is 0 Å². The van der Waals surface area contributed by atoms with Crippen molar-refractivity contribution < 1.29 is 9.90 Å². The Morgan fingerprint density at radius 3 is 2.64 bits per heavy atom. The van der Waals surface area contributed by atoms with Gasteiger partial charge in [0.2, 0.25) is 0 Å². The Kier molecular flexibility index (Phi) is 3.19. The highest BCUT2D eigenvalue weighted by Gasteiger charge is 2.13. The SMILES string of the molecule is [N-]=[N+]=Nc1c(Cl)cc(Cl)cc1C(=O)O. The zero-order valence-corrected chi connectivity index (χ0v) is 8.12. The second-order valence-electron chi connectivity index (χ2n) is 2.28. The molecule has 0 atom stereocenters. The molecule has 1 aromatic rings. The Balaban J connectivity index is 3.51.